The van der Waals surface area contributed by atoms with Crippen molar-refractivity contribution in [2.75, 3.05) is 40.4 Å². The van der Waals surface area contributed by atoms with Gasteiger partial charge in [-0.15, -0.1) is 0 Å². The molecule has 1 aromatic rings. The maximum atomic E-state index is 12.5. The van der Waals surface area contributed by atoms with Crippen molar-refractivity contribution in [1.29, 1.82) is 0 Å². The van der Waals surface area contributed by atoms with Crippen LogP contribution >= 0.6 is 11.6 Å². The Morgan fingerprint density at radius 3 is 2.80 bits per heavy atom. The lowest BCUT2D eigenvalue weighted by Gasteiger charge is -2.25. The van der Waals surface area contributed by atoms with Gasteiger partial charge in [0.15, 0.2) is 6.10 Å². The fourth-order valence-corrected chi connectivity index (χ4v) is 3.49. The number of nitrogens with zero attached hydrogens (tertiary/aromatic N) is 2. The predicted octanol–water partition coefficient (Wildman–Crippen LogP) is 0.721. The molecule has 10 heteroatoms. The third-order valence-corrected chi connectivity index (χ3v) is 5.66. The Bertz CT molecular complexity index is 718. The number of hydrogen-bond donors (Lipinski definition) is 1. The minimum atomic E-state index is -3.77. The van der Waals surface area contributed by atoms with Crippen molar-refractivity contribution >= 4 is 27.5 Å². The molecule has 0 aliphatic carbocycles. The van der Waals surface area contributed by atoms with Crippen LogP contribution in [0, 0.1) is 0 Å². The highest BCUT2D eigenvalue weighted by Gasteiger charge is 2.27. The summed E-state index contributed by atoms with van der Waals surface area (Å²) in [6, 6.07) is 4.27. The van der Waals surface area contributed by atoms with Crippen LogP contribution in [0.25, 0.3) is 0 Å². The number of nitrogens with one attached hydrogen (secondary N) is 1. The fraction of sp³-hybridized carbons (Fsp3) is 0.533. The predicted molar refractivity (Wildman–Crippen MR) is 92.9 cm³/mol. The summed E-state index contributed by atoms with van der Waals surface area (Å²) in [5.41, 5.74) is 2.95. The molecular weight excluding hydrogens is 370 g/mol. The molecule has 0 radical (unpaired) electrons. The molecule has 1 unspecified atom stereocenters. The van der Waals surface area contributed by atoms with E-state index >= 15 is 0 Å². The van der Waals surface area contributed by atoms with Crippen molar-refractivity contribution in [3.05, 3.63) is 23.2 Å². The number of carbonyl (C=O) groups is 1. The summed E-state index contributed by atoms with van der Waals surface area (Å²) in [5, 5.41) is 1.69. The largest absolute Gasteiger partial charge is 0.479 e. The Morgan fingerprint density at radius 2 is 2.12 bits per heavy atom. The second kappa shape index (κ2) is 8.33. The number of ether oxygens (including phenoxy) is 2. The van der Waals surface area contributed by atoms with Crippen LogP contribution in [-0.4, -0.2) is 70.1 Å². The van der Waals surface area contributed by atoms with Gasteiger partial charge >= 0.3 is 0 Å². The Balaban J connectivity index is 2.23. The second-order valence-corrected chi connectivity index (χ2v) is 8.21. The van der Waals surface area contributed by atoms with Gasteiger partial charge < -0.3 is 9.47 Å². The average molecular weight is 392 g/mol. The van der Waals surface area contributed by atoms with Gasteiger partial charge in [0.05, 0.1) is 19.8 Å². The second-order valence-electron chi connectivity index (χ2n) is 5.65. The highest BCUT2D eigenvalue weighted by atomic mass is 35.5. The van der Waals surface area contributed by atoms with Crippen LogP contribution in [0.4, 0.5) is 0 Å². The third-order valence-electron chi connectivity index (χ3n) is 3.59. The van der Waals surface area contributed by atoms with Gasteiger partial charge in [-0.05, 0) is 25.1 Å². The van der Waals surface area contributed by atoms with Crippen LogP contribution in [0.5, 0.6) is 5.75 Å². The summed E-state index contributed by atoms with van der Waals surface area (Å²) in [6.07, 6.45) is -0.886. The highest BCUT2D eigenvalue weighted by molar-refractivity contribution is 7.89. The topological polar surface area (TPSA) is 88.2 Å². The van der Waals surface area contributed by atoms with Gasteiger partial charge in [0, 0.05) is 25.7 Å². The van der Waals surface area contributed by atoms with Gasteiger partial charge in [-0.1, -0.05) is 11.6 Å². The molecule has 1 amide bonds. The van der Waals surface area contributed by atoms with E-state index in [0.29, 0.717) is 26.3 Å². The first-order chi connectivity index (χ1) is 11.7. The molecule has 1 fully saturated rings. The Labute approximate surface area is 152 Å². The molecule has 25 heavy (non-hydrogen) atoms. The molecule has 1 heterocycles. The highest BCUT2D eigenvalue weighted by Crippen LogP contribution is 2.30. The zero-order valence-corrected chi connectivity index (χ0v) is 15.9. The number of halogens is 1. The molecule has 8 nitrogen and oxygen atoms in total. The van der Waals surface area contributed by atoms with E-state index in [1.807, 2.05) is 0 Å². The quantitative estimate of drug-likeness (QED) is 0.795. The standard InChI is InChI=1S/C15H22ClN3O5S/c1-11(15(20)19-7-9-23-8-6-17-19)24-13-5-4-12(16)10-14(13)25(21,22)18(2)3/h4-5,10-11,17H,6-9H2,1-3H3. The van der Waals surface area contributed by atoms with Crippen LogP contribution in [0.3, 0.4) is 0 Å². The van der Waals surface area contributed by atoms with E-state index in [4.69, 9.17) is 21.1 Å². The molecule has 1 atom stereocenters. The third kappa shape index (κ3) is 4.83. The van der Waals surface area contributed by atoms with Crippen molar-refractivity contribution in [1.82, 2.24) is 14.7 Å². The number of benzene rings is 1. The first-order valence-electron chi connectivity index (χ1n) is 7.75. The number of carbonyl (C=O) groups excluding carboxylic acids is 1. The maximum absolute atomic E-state index is 12.5. The lowest BCUT2D eigenvalue weighted by molar-refractivity contribution is -0.141. The fourth-order valence-electron chi connectivity index (χ4n) is 2.22. The van der Waals surface area contributed by atoms with Crippen LogP contribution in [-0.2, 0) is 19.6 Å². The van der Waals surface area contributed by atoms with E-state index in [9.17, 15) is 13.2 Å². The van der Waals surface area contributed by atoms with Crippen molar-refractivity contribution in [3.63, 3.8) is 0 Å². The molecule has 0 bridgehead atoms. The van der Waals surface area contributed by atoms with Gasteiger partial charge in [-0.3, -0.25) is 9.80 Å². The van der Waals surface area contributed by atoms with Gasteiger partial charge in [-0.25, -0.2) is 18.1 Å². The van der Waals surface area contributed by atoms with Crippen molar-refractivity contribution in [3.8, 4) is 5.75 Å². The minimum Gasteiger partial charge on any atom is -0.479 e. The smallest absolute Gasteiger partial charge is 0.277 e. The first-order valence-corrected chi connectivity index (χ1v) is 9.56. The number of rotatable bonds is 5. The van der Waals surface area contributed by atoms with Crippen LogP contribution in [0.2, 0.25) is 5.02 Å². The molecular formula is C15H22ClN3O5S. The van der Waals surface area contributed by atoms with Crippen molar-refractivity contribution in [2.24, 2.45) is 0 Å². The van der Waals surface area contributed by atoms with Gasteiger partial charge in [0.2, 0.25) is 10.0 Å². The molecule has 2 rings (SSSR count). The summed E-state index contributed by atoms with van der Waals surface area (Å²) in [4.78, 5) is 12.4. The van der Waals surface area contributed by atoms with Crippen LogP contribution < -0.4 is 10.2 Å². The zero-order valence-electron chi connectivity index (χ0n) is 14.4. The van der Waals surface area contributed by atoms with E-state index < -0.39 is 16.1 Å². The summed E-state index contributed by atoms with van der Waals surface area (Å²) < 4.78 is 36.9. The van der Waals surface area contributed by atoms with E-state index in [1.54, 1.807) is 6.92 Å². The number of hydrogen-bond acceptors (Lipinski definition) is 6. The summed E-state index contributed by atoms with van der Waals surface area (Å²) in [5.74, 6) is -0.237. The summed E-state index contributed by atoms with van der Waals surface area (Å²) >= 11 is 5.93. The van der Waals surface area contributed by atoms with E-state index in [0.717, 1.165) is 4.31 Å². The molecule has 0 spiro atoms. The Morgan fingerprint density at radius 1 is 1.40 bits per heavy atom. The molecule has 1 aromatic carbocycles. The number of amides is 1. The van der Waals surface area contributed by atoms with E-state index in [2.05, 4.69) is 5.43 Å². The Hall–Kier alpha value is -1.39. The first kappa shape index (κ1) is 19.9. The van der Waals surface area contributed by atoms with Crippen molar-refractivity contribution < 1.29 is 22.7 Å². The van der Waals surface area contributed by atoms with Crippen LogP contribution in [0.15, 0.2) is 23.1 Å². The monoisotopic (exact) mass is 391 g/mol. The molecule has 140 valence electrons. The zero-order chi connectivity index (χ0) is 18.6. The van der Waals surface area contributed by atoms with E-state index in [-0.39, 0.29) is 21.6 Å². The normalized spacial score (nSPS) is 17.2. The lowest BCUT2D eigenvalue weighted by atomic mass is 10.3. The maximum Gasteiger partial charge on any atom is 0.277 e. The van der Waals surface area contributed by atoms with Crippen molar-refractivity contribution in [2.45, 2.75) is 17.9 Å². The molecule has 0 aromatic heterocycles. The SMILES string of the molecule is CC(Oc1ccc(Cl)cc1S(=O)(=O)N(C)C)C(=O)N1CCOCCN1. The lowest BCUT2D eigenvalue weighted by Crippen LogP contribution is -2.49. The number of hydrazine groups is 1. The van der Waals surface area contributed by atoms with Gasteiger partial charge in [0.1, 0.15) is 10.6 Å². The molecule has 0 saturated carbocycles. The molecule has 1 aliphatic heterocycles. The minimum absolute atomic E-state index is 0.0741. The van der Waals surface area contributed by atoms with Gasteiger partial charge in [0.25, 0.3) is 5.91 Å². The molecule has 1 aliphatic rings. The Kier molecular flexibility index (Phi) is 6.64. The summed E-state index contributed by atoms with van der Waals surface area (Å²) in [7, 11) is -0.944. The molecule has 1 N–H and O–H groups in total. The van der Waals surface area contributed by atoms with Gasteiger partial charge in [-0.2, -0.15) is 0 Å². The van der Waals surface area contributed by atoms with Crippen LogP contribution in [0.1, 0.15) is 6.92 Å². The molecule has 1 saturated heterocycles. The summed E-state index contributed by atoms with van der Waals surface area (Å²) in [6.45, 7) is 3.40. The average Bonchev–Trinajstić information content (AvgIpc) is 2.84. The number of sulfonamides is 1. The van der Waals surface area contributed by atoms with E-state index in [1.165, 1.54) is 37.3 Å².